The highest BCUT2D eigenvalue weighted by Gasteiger charge is 2.54. The Hall–Kier alpha value is -2.55. The number of fused-ring (bicyclic) bond motifs is 2. The Morgan fingerprint density at radius 2 is 2.13 bits per heavy atom. The molecule has 0 saturated carbocycles. The van der Waals surface area contributed by atoms with Gasteiger partial charge in [0.25, 0.3) is 5.91 Å². The lowest BCUT2D eigenvalue weighted by Gasteiger charge is -2.42. The lowest BCUT2D eigenvalue weighted by molar-refractivity contribution is -0.127. The molecule has 2 heterocycles. The van der Waals surface area contributed by atoms with Crippen molar-refractivity contribution < 1.29 is 9.53 Å². The SMILES string of the molecule is CC(C)N=C1NC(=O)C2(CC(C)(C)Oc3ccc(C#N)cc32)N1. The molecule has 0 aromatic heterocycles. The number of guanidine groups is 1. The number of nitriles is 1. The fourth-order valence-electron chi connectivity index (χ4n) is 3.23. The normalized spacial score (nSPS) is 26.4. The van der Waals surface area contributed by atoms with E-state index >= 15 is 0 Å². The zero-order valence-corrected chi connectivity index (χ0v) is 13.7. The van der Waals surface area contributed by atoms with Crippen LogP contribution in [0.4, 0.5) is 0 Å². The van der Waals surface area contributed by atoms with Crippen molar-refractivity contribution in [3.8, 4) is 11.8 Å². The predicted molar refractivity (Wildman–Crippen MR) is 86.0 cm³/mol. The molecule has 6 nitrogen and oxygen atoms in total. The minimum Gasteiger partial charge on any atom is -0.487 e. The molecule has 1 unspecified atom stereocenters. The topological polar surface area (TPSA) is 86.5 Å². The molecule has 1 aromatic carbocycles. The van der Waals surface area contributed by atoms with Crippen LogP contribution in [0.3, 0.4) is 0 Å². The molecule has 0 aliphatic carbocycles. The second kappa shape index (κ2) is 4.98. The summed E-state index contributed by atoms with van der Waals surface area (Å²) in [7, 11) is 0. The number of aliphatic imine (C=N–C) groups is 1. The van der Waals surface area contributed by atoms with E-state index in [0.717, 1.165) is 0 Å². The third-order valence-electron chi connectivity index (χ3n) is 3.98. The van der Waals surface area contributed by atoms with Crippen LogP contribution in [0.25, 0.3) is 0 Å². The second-order valence-corrected chi connectivity index (χ2v) is 6.92. The molecule has 1 fully saturated rings. The third-order valence-corrected chi connectivity index (χ3v) is 3.98. The monoisotopic (exact) mass is 312 g/mol. The molecule has 1 amide bonds. The van der Waals surface area contributed by atoms with E-state index < -0.39 is 11.1 Å². The number of hydrogen-bond donors (Lipinski definition) is 2. The van der Waals surface area contributed by atoms with Crippen molar-refractivity contribution in [1.82, 2.24) is 10.6 Å². The number of nitrogens with zero attached hydrogens (tertiary/aromatic N) is 2. The molecule has 1 aromatic rings. The summed E-state index contributed by atoms with van der Waals surface area (Å²) in [5.41, 5.74) is -0.297. The van der Waals surface area contributed by atoms with Crippen LogP contribution in [0.15, 0.2) is 23.2 Å². The number of ether oxygens (including phenoxy) is 1. The largest absolute Gasteiger partial charge is 0.487 e. The van der Waals surface area contributed by atoms with Gasteiger partial charge < -0.3 is 10.1 Å². The number of hydrogen-bond acceptors (Lipinski definition) is 4. The third kappa shape index (κ3) is 2.52. The Morgan fingerprint density at radius 3 is 2.78 bits per heavy atom. The van der Waals surface area contributed by atoms with Gasteiger partial charge in [-0.1, -0.05) is 0 Å². The summed E-state index contributed by atoms with van der Waals surface area (Å²) in [6.07, 6.45) is 0.449. The van der Waals surface area contributed by atoms with Gasteiger partial charge in [0.2, 0.25) is 0 Å². The van der Waals surface area contributed by atoms with Gasteiger partial charge in [0, 0.05) is 18.0 Å². The van der Waals surface area contributed by atoms with Gasteiger partial charge in [-0.05, 0) is 45.9 Å². The molecule has 6 heteroatoms. The molecule has 1 saturated heterocycles. The van der Waals surface area contributed by atoms with Gasteiger partial charge in [-0.2, -0.15) is 5.26 Å². The molecule has 23 heavy (non-hydrogen) atoms. The maximum Gasteiger partial charge on any atom is 0.257 e. The Morgan fingerprint density at radius 1 is 1.39 bits per heavy atom. The maximum atomic E-state index is 12.8. The summed E-state index contributed by atoms with van der Waals surface area (Å²) < 4.78 is 6.00. The molecular weight excluding hydrogens is 292 g/mol. The second-order valence-electron chi connectivity index (χ2n) is 6.92. The first-order valence-electron chi connectivity index (χ1n) is 7.67. The summed E-state index contributed by atoms with van der Waals surface area (Å²) in [4.78, 5) is 17.2. The zero-order valence-electron chi connectivity index (χ0n) is 13.7. The number of amides is 1. The highest BCUT2D eigenvalue weighted by Crippen LogP contribution is 2.45. The van der Waals surface area contributed by atoms with Crippen molar-refractivity contribution in [2.45, 2.75) is 51.3 Å². The lowest BCUT2D eigenvalue weighted by atomic mass is 9.77. The summed E-state index contributed by atoms with van der Waals surface area (Å²) >= 11 is 0. The molecule has 1 atom stereocenters. The Labute approximate surface area is 135 Å². The number of benzene rings is 1. The molecule has 120 valence electrons. The molecular formula is C17H20N4O2. The molecule has 2 N–H and O–H groups in total. The van der Waals surface area contributed by atoms with Gasteiger partial charge in [0.1, 0.15) is 11.4 Å². The molecule has 0 radical (unpaired) electrons. The van der Waals surface area contributed by atoms with Crippen LogP contribution in [0.2, 0.25) is 0 Å². The van der Waals surface area contributed by atoms with E-state index in [2.05, 4.69) is 21.7 Å². The maximum absolute atomic E-state index is 12.8. The molecule has 2 aliphatic rings. The van der Waals surface area contributed by atoms with Crippen molar-refractivity contribution in [3.05, 3.63) is 29.3 Å². The van der Waals surface area contributed by atoms with Crippen LogP contribution in [-0.4, -0.2) is 23.5 Å². The molecule has 3 rings (SSSR count). The van der Waals surface area contributed by atoms with Gasteiger partial charge in [0.15, 0.2) is 11.5 Å². The fraction of sp³-hybridized carbons (Fsp3) is 0.471. The van der Waals surface area contributed by atoms with E-state index in [4.69, 9.17) is 4.74 Å². The number of nitrogens with one attached hydrogen (secondary N) is 2. The summed E-state index contributed by atoms with van der Waals surface area (Å²) in [5, 5.41) is 15.2. The number of carbonyl (C=O) groups is 1. The van der Waals surface area contributed by atoms with E-state index in [1.165, 1.54) is 0 Å². The van der Waals surface area contributed by atoms with Gasteiger partial charge in [-0.15, -0.1) is 0 Å². The van der Waals surface area contributed by atoms with Gasteiger partial charge in [-0.3, -0.25) is 15.1 Å². The smallest absolute Gasteiger partial charge is 0.257 e. The molecule has 2 aliphatic heterocycles. The predicted octanol–water partition coefficient (Wildman–Crippen LogP) is 1.80. The van der Waals surface area contributed by atoms with Crippen LogP contribution >= 0.6 is 0 Å². The quantitative estimate of drug-likeness (QED) is 0.828. The highest BCUT2D eigenvalue weighted by molar-refractivity contribution is 6.10. The van der Waals surface area contributed by atoms with E-state index in [1.54, 1.807) is 18.2 Å². The first-order chi connectivity index (χ1) is 10.8. The van der Waals surface area contributed by atoms with Crippen molar-refractivity contribution >= 4 is 11.9 Å². The first kappa shape index (κ1) is 15.3. The zero-order chi connectivity index (χ0) is 16.8. The lowest BCUT2D eigenvalue weighted by Crippen LogP contribution is -2.53. The van der Waals surface area contributed by atoms with Crippen molar-refractivity contribution in [1.29, 1.82) is 5.26 Å². The van der Waals surface area contributed by atoms with E-state index in [9.17, 15) is 10.1 Å². The standard InChI is InChI=1S/C17H20N4O2/c1-10(2)19-15-20-14(22)17(21-15)9-16(3,4)23-13-6-5-11(8-18)7-12(13)17/h5-7,10H,9H2,1-4H3,(H2,19,20,21,22). The first-order valence-corrected chi connectivity index (χ1v) is 7.67. The highest BCUT2D eigenvalue weighted by atomic mass is 16.5. The average molecular weight is 312 g/mol. The number of carbonyl (C=O) groups excluding carboxylic acids is 1. The van der Waals surface area contributed by atoms with Gasteiger partial charge in [0.05, 0.1) is 11.6 Å². The van der Waals surface area contributed by atoms with Crippen LogP contribution < -0.4 is 15.4 Å². The molecule has 1 spiro atoms. The summed E-state index contributed by atoms with van der Waals surface area (Å²) in [6.45, 7) is 7.79. The average Bonchev–Trinajstić information content (AvgIpc) is 2.72. The summed E-state index contributed by atoms with van der Waals surface area (Å²) in [6, 6.07) is 7.35. The van der Waals surface area contributed by atoms with Crippen LogP contribution in [-0.2, 0) is 10.3 Å². The van der Waals surface area contributed by atoms with Crippen molar-refractivity contribution in [2.24, 2.45) is 4.99 Å². The van der Waals surface area contributed by atoms with E-state index in [1.807, 2.05) is 27.7 Å². The Balaban J connectivity index is 2.16. The fourth-order valence-corrected chi connectivity index (χ4v) is 3.23. The van der Waals surface area contributed by atoms with E-state index in [0.29, 0.717) is 29.3 Å². The van der Waals surface area contributed by atoms with Crippen LogP contribution in [0.5, 0.6) is 5.75 Å². The minimum absolute atomic E-state index is 0.0608. The number of rotatable bonds is 1. The van der Waals surface area contributed by atoms with Crippen LogP contribution in [0, 0.1) is 11.3 Å². The van der Waals surface area contributed by atoms with Crippen molar-refractivity contribution in [2.75, 3.05) is 0 Å². The Kier molecular flexibility index (Phi) is 3.33. The van der Waals surface area contributed by atoms with Gasteiger partial charge >= 0.3 is 0 Å². The minimum atomic E-state index is -0.961. The van der Waals surface area contributed by atoms with Gasteiger partial charge in [-0.25, -0.2) is 0 Å². The Bertz CT molecular complexity index is 745. The van der Waals surface area contributed by atoms with Crippen LogP contribution in [0.1, 0.15) is 45.2 Å². The molecule has 0 bridgehead atoms. The summed E-state index contributed by atoms with van der Waals surface area (Å²) in [5.74, 6) is 0.925. The van der Waals surface area contributed by atoms with E-state index in [-0.39, 0.29) is 11.9 Å². The van der Waals surface area contributed by atoms with Crippen molar-refractivity contribution in [3.63, 3.8) is 0 Å².